The van der Waals surface area contributed by atoms with Gasteiger partial charge < -0.3 is 5.32 Å². The number of rotatable bonds is 1. The van der Waals surface area contributed by atoms with Gasteiger partial charge in [0.05, 0.1) is 6.17 Å². The molecule has 1 saturated heterocycles. The van der Waals surface area contributed by atoms with Crippen molar-refractivity contribution in [1.82, 2.24) is 16.2 Å². The van der Waals surface area contributed by atoms with Crippen LogP contribution in [0.3, 0.4) is 0 Å². The van der Waals surface area contributed by atoms with Gasteiger partial charge in [0.1, 0.15) is 0 Å². The molecule has 3 aliphatic rings. The van der Waals surface area contributed by atoms with E-state index in [2.05, 4.69) is 43.0 Å². The lowest BCUT2D eigenvalue weighted by Gasteiger charge is -2.44. The van der Waals surface area contributed by atoms with Crippen LogP contribution in [0.2, 0.25) is 5.02 Å². The number of Topliss-reactive ketones (excluding diaryl/α,β-unsaturated/α-hetero) is 1. The van der Waals surface area contributed by atoms with Crippen LogP contribution in [-0.4, -0.2) is 18.0 Å². The number of halogens is 1. The molecule has 0 saturated carbocycles. The van der Waals surface area contributed by atoms with Crippen molar-refractivity contribution in [2.45, 2.75) is 51.7 Å². The highest BCUT2D eigenvalue weighted by Crippen LogP contribution is 2.48. The highest BCUT2D eigenvalue weighted by Gasteiger charge is 2.49. The molecule has 1 fully saturated rings. The van der Waals surface area contributed by atoms with Crippen LogP contribution in [-0.2, 0) is 4.79 Å². The van der Waals surface area contributed by atoms with E-state index in [1.807, 2.05) is 18.2 Å². The van der Waals surface area contributed by atoms with Gasteiger partial charge in [-0.15, -0.1) is 0 Å². The quantitative estimate of drug-likeness (QED) is 0.732. The van der Waals surface area contributed by atoms with E-state index in [0.717, 1.165) is 28.3 Å². The first-order valence-electron chi connectivity index (χ1n) is 8.65. The van der Waals surface area contributed by atoms with Gasteiger partial charge in [0.2, 0.25) is 0 Å². The maximum Gasteiger partial charge on any atom is 0.161 e. The van der Waals surface area contributed by atoms with E-state index < -0.39 is 0 Å². The Hall–Kier alpha value is -1.36. The van der Waals surface area contributed by atoms with Crippen molar-refractivity contribution in [3.8, 4) is 0 Å². The number of hydrogen-bond acceptors (Lipinski definition) is 4. The SMILES string of the molecule is CC1NNC2NC3=C(C(=O)CC(C)(C)C3)C(c3cccc(Cl)c3)C12. The first-order valence-corrected chi connectivity index (χ1v) is 9.03. The Morgan fingerprint density at radius 1 is 1.21 bits per heavy atom. The smallest absolute Gasteiger partial charge is 0.161 e. The molecule has 128 valence electrons. The number of hydrogen-bond donors (Lipinski definition) is 3. The molecule has 0 radical (unpaired) electrons. The van der Waals surface area contributed by atoms with E-state index in [4.69, 9.17) is 11.6 Å². The van der Waals surface area contributed by atoms with Crippen LogP contribution in [0.25, 0.3) is 0 Å². The van der Waals surface area contributed by atoms with Crippen molar-refractivity contribution in [1.29, 1.82) is 0 Å². The minimum absolute atomic E-state index is 0.00624. The van der Waals surface area contributed by atoms with Gasteiger partial charge in [-0.25, -0.2) is 5.43 Å². The van der Waals surface area contributed by atoms with Gasteiger partial charge in [0, 0.05) is 40.6 Å². The number of carbonyl (C=O) groups excluding carboxylic acids is 1. The molecular formula is C19H24ClN3O. The van der Waals surface area contributed by atoms with Crippen LogP contribution in [0, 0.1) is 11.3 Å². The third-order valence-corrected chi connectivity index (χ3v) is 5.82. The number of fused-ring (bicyclic) bond motifs is 1. The molecular weight excluding hydrogens is 322 g/mol. The molecule has 0 amide bonds. The van der Waals surface area contributed by atoms with Crippen molar-refractivity contribution in [3.05, 3.63) is 46.1 Å². The van der Waals surface area contributed by atoms with Crippen LogP contribution in [0.4, 0.5) is 0 Å². The Morgan fingerprint density at radius 3 is 2.75 bits per heavy atom. The number of allylic oxidation sites excluding steroid dienone is 2. The van der Waals surface area contributed by atoms with E-state index in [1.165, 1.54) is 0 Å². The average Bonchev–Trinajstić information content (AvgIpc) is 2.85. The van der Waals surface area contributed by atoms with Crippen molar-refractivity contribution >= 4 is 17.4 Å². The zero-order chi connectivity index (χ0) is 17.1. The van der Waals surface area contributed by atoms with Crippen LogP contribution in [0.5, 0.6) is 0 Å². The zero-order valence-corrected chi connectivity index (χ0v) is 15.1. The summed E-state index contributed by atoms with van der Waals surface area (Å²) in [6.45, 7) is 6.50. The number of benzene rings is 1. The Labute approximate surface area is 148 Å². The molecule has 4 rings (SSSR count). The third kappa shape index (κ3) is 2.57. The summed E-state index contributed by atoms with van der Waals surface area (Å²) < 4.78 is 0. The molecule has 0 aromatic heterocycles. The standard InChI is InChI=1S/C19H24ClN3O/c1-10-15-16(11-5-4-6-12(20)7-11)17-13(21-18(15)23-22-10)8-19(2,3)9-14(17)24/h4-7,10,15-16,18,21-23H,8-9H2,1-3H3. The van der Waals surface area contributed by atoms with E-state index in [-0.39, 0.29) is 35.2 Å². The Morgan fingerprint density at radius 2 is 2.00 bits per heavy atom. The second-order valence-corrected chi connectivity index (χ2v) is 8.58. The molecule has 3 N–H and O–H groups in total. The van der Waals surface area contributed by atoms with Crippen LogP contribution >= 0.6 is 11.6 Å². The van der Waals surface area contributed by atoms with Crippen LogP contribution in [0.1, 0.15) is 45.1 Å². The van der Waals surface area contributed by atoms with E-state index in [0.29, 0.717) is 6.42 Å². The molecule has 1 aliphatic carbocycles. The summed E-state index contributed by atoms with van der Waals surface area (Å²) in [7, 11) is 0. The van der Waals surface area contributed by atoms with Crippen LogP contribution in [0.15, 0.2) is 35.5 Å². The molecule has 2 aliphatic heterocycles. The maximum absolute atomic E-state index is 13.0. The van der Waals surface area contributed by atoms with Crippen molar-refractivity contribution in [3.63, 3.8) is 0 Å². The summed E-state index contributed by atoms with van der Waals surface area (Å²) in [6, 6.07) is 8.24. The highest BCUT2D eigenvalue weighted by atomic mass is 35.5. The lowest BCUT2D eigenvalue weighted by molar-refractivity contribution is -0.118. The molecule has 1 aromatic rings. The maximum atomic E-state index is 13.0. The first kappa shape index (κ1) is 16.1. The monoisotopic (exact) mass is 345 g/mol. The van der Waals surface area contributed by atoms with Gasteiger partial charge in [0.25, 0.3) is 0 Å². The molecule has 2 heterocycles. The summed E-state index contributed by atoms with van der Waals surface area (Å²) in [5.41, 5.74) is 9.91. The van der Waals surface area contributed by atoms with E-state index >= 15 is 0 Å². The van der Waals surface area contributed by atoms with Gasteiger partial charge in [0.15, 0.2) is 5.78 Å². The van der Waals surface area contributed by atoms with Gasteiger partial charge in [-0.05, 0) is 36.5 Å². The fraction of sp³-hybridized carbons (Fsp3) is 0.526. The predicted molar refractivity (Wildman–Crippen MR) is 95.4 cm³/mol. The number of nitrogens with one attached hydrogen (secondary N) is 3. The summed E-state index contributed by atoms with van der Waals surface area (Å²) >= 11 is 6.25. The molecule has 0 spiro atoms. The third-order valence-electron chi connectivity index (χ3n) is 5.58. The molecule has 4 unspecified atom stereocenters. The fourth-order valence-electron chi connectivity index (χ4n) is 4.61. The Kier molecular flexibility index (Phi) is 3.75. The first-order chi connectivity index (χ1) is 11.4. The second kappa shape index (κ2) is 5.58. The lowest BCUT2D eigenvalue weighted by Crippen LogP contribution is -2.52. The summed E-state index contributed by atoms with van der Waals surface area (Å²) in [4.78, 5) is 13.0. The predicted octanol–water partition coefficient (Wildman–Crippen LogP) is 3.11. The molecule has 1 aromatic carbocycles. The second-order valence-electron chi connectivity index (χ2n) is 8.14. The largest absolute Gasteiger partial charge is 0.371 e. The van der Waals surface area contributed by atoms with Gasteiger partial charge in [-0.3, -0.25) is 10.2 Å². The van der Waals surface area contributed by atoms with Crippen molar-refractivity contribution < 1.29 is 4.79 Å². The topological polar surface area (TPSA) is 53.2 Å². The van der Waals surface area contributed by atoms with Crippen molar-refractivity contribution in [2.24, 2.45) is 11.3 Å². The molecule has 24 heavy (non-hydrogen) atoms. The Balaban J connectivity index is 1.86. The summed E-state index contributed by atoms with van der Waals surface area (Å²) in [6.07, 6.45) is 1.64. The number of ketones is 1. The zero-order valence-electron chi connectivity index (χ0n) is 14.3. The molecule has 4 atom stereocenters. The van der Waals surface area contributed by atoms with E-state index in [9.17, 15) is 4.79 Å². The normalized spacial score (nSPS) is 34.6. The fourth-order valence-corrected chi connectivity index (χ4v) is 4.81. The van der Waals surface area contributed by atoms with Crippen molar-refractivity contribution in [2.75, 3.05) is 0 Å². The lowest BCUT2D eigenvalue weighted by atomic mass is 9.65. The number of hydrazine groups is 1. The number of carbonyl (C=O) groups is 1. The highest BCUT2D eigenvalue weighted by molar-refractivity contribution is 6.30. The molecule has 4 nitrogen and oxygen atoms in total. The van der Waals surface area contributed by atoms with Gasteiger partial charge >= 0.3 is 0 Å². The minimum atomic E-state index is 0.00624. The van der Waals surface area contributed by atoms with E-state index in [1.54, 1.807) is 0 Å². The molecule has 5 heteroatoms. The van der Waals surface area contributed by atoms with Crippen LogP contribution < -0.4 is 16.2 Å². The van der Waals surface area contributed by atoms with Gasteiger partial charge in [-0.2, -0.15) is 0 Å². The average molecular weight is 346 g/mol. The van der Waals surface area contributed by atoms with Gasteiger partial charge in [-0.1, -0.05) is 37.6 Å². The Bertz CT molecular complexity index is 727. The summed E-state index contributed by atoms with van der Waals surface area (Å²) in [5, 5.41) is 4.32. The molecule has 0 bridgehead atoms. The summed E-state index contributed by atoms with van der Waals surface area (Å²) in [5.74, 6) is 0.620. The minimum Gasteiger partial charge on any atom is -0.371 e.